The number of ether oxygens (including phenoxy) is 3. The summed E-state index contributed by atoms with van der Waals surface area (Å²) in [7, 11) is 0. The maximum Gasteiger partial charge on any atom is 0.306 e. The van der Waals surface area contributed by atoms with Gasteiger partial charge in [0.1, 0.15) is 24.4 Å². The Morgan fingerprint density at radius 1 is 0.459 bits per heavy atom. The summed E-state index contributed by atoms with van der Waals surface area (Å²) in [4.78, 5) is 26.7. The molecule has 0 aromatic heterocycles. The summed E-state index contributed by atoms with van der Waals surface area (Å²) in [6.45, 7) is 5.76. The first-order chi connectivity index (χ1) is 41.7. The zero-order valence-electron chi connectivity index (χ0n) is 54.7. The van der Waals surface area contributed by atoms with E-state index in [1.54, 1.807) is 6.08 Å². The van der Waals surface area contributed by atoms with Crippen LogP contribution in [-0.4, -0.2) is 99.6 Å². The SMILES string of the molecule is CCCCC/C=C\C/C=C\C/C=C\C/C=C\CCCCCCC(O)C(=O)NC(COC1OC(CO)C(O)C(O)C1OC(=O)CCCCCCCCCCCCCCC/C=C\C/C=C\CCCCC)C(O)/C=C/CCCCCCCCCCCCC. The zero-order valence-corrected chi connectivity index (χ0v) is 54.7. The van der Waals surface area contributed by atoms with E-state index in [-0.39, 0.29) is 19.4 Å². The second-order valence-electron chi connectivity index (χ2n) is 24.3. The number of allylic oxidation sites excluding steroid dienone is 13. The van der Waals surface area contributed by atoms with Gasteiger partial charge in [-0.15, -0.1) is 0 Å². The number of carbonyl (C=O) groups is 2. The molecule has 8 unspecified atom stereocenters. The van der Waals surface area contributed by atoms with Crippen molar-refractivity contribution in [2.24, 2.45) is 0 Å². The third-order valence-electron chi connectivity index (χ3n) is 16.3. The summed E-state index contributed by atoms with van der Waals surface area (Å²) < 4.78 is 17.7. The van der Waals surface area contributed by atoms with Crippen LogP contribution in [0.4, 0.5) is 0 Å². The van der Waals surface area contributed by atoms with E-state index in [0.717, 1.165) is 89.9 Å². The number of amides is 1. The molecule has 1 heterocycles. The van der Waals surface area contributed by atoms with Gasteiger partial charge in [-0.3, -0.25) is 9.59 Å². The average molecular weight is 1190 g/mol. The summed E-state index contributed by atoms with van der Waals surface area (Å²) in [5, 5.41) is 57.2. The largest absolute Gasteiger partial charge is 0.454 e. The molecule has 11 heteroatoms. The first kappa shape index (κ1) is 79.9. The minimum Gasteiger partial charge on any atom is -0.454 e. The molecule has 0 spiro atoms. The molecule has 11 nitrogen and oxygen atoms in total. The van der Waals surface area contributed by atoms with Crippen LogP contribution >= 0.6 is 0 Å². The molecule has 85 heavy (non-hydrogen) atoms. The molecule has 0 aliphatic carbocycles. The highest BCUT2D eigenvalue weighted by Crippen LogP contribution is 2.26. The Morgan fingerprint density at radius 3 is 1.24 bits per heavy atom. The van der Waals surface area contributed by atoms with Crippen LogP contribution in [0.5, 0.6) is 0 Å². The molecule has 0 bridgehead atoms. The summed E-state index contributed by atoms with van der Waals surface area (Å²) in [6.07, 6.45) is 70.4. The Kier molecular flexibility index (Phi) is 57.4. The third kappa shape index (κ3) is 48.4. The number of hydrogen-bond acceptors (Lipinski definition) is 10. The maximum atomic E-state index is 13.5. The molecule has 1 rings (SSSR count). The van der Waals surface area contributed by atoms with Crippen molar-refractivity contribution in [2.45, 2.75) is 359 Å². The highest BCUT2D eigenvalue weighted by molar-refractivity contribution is 5.80. The highest BCUT2D eigenvalue weighted by Gasteiger charge is 2.47. The molecule has 0 aromatic rings. The van der Waals surface area contributed by atoms with Gasteiger partial charge in [-0.25, -0.2) is 0 Å². The number of rotatable bonds is 60. The second kappa shape index (κ2) is 61.1. The smallest absolute Gasteiger partial charge is 0.306 e. The van der Waals surface area contributed by atoms with Gasteiger partial charge in [0.25, 0.3) is 0 Å². The van der Waals surface area contributed by atoms with Gasteiger partial charge < -0.3 is 45.1 Å². The molecule has 1 aliphatic heterocycles. The summed E-state index contributed by atoms with van der Waals surface area (Å²) in [6, 6.07) is -1.04. The minimum atomic E-state index is -1.62. The van der Waals surface area contributed by atoms with E-state index in [1.807, 2.05) is 6.08 Å². The number of carbonyl (C=O) groups excluding carboxylic acids is 2. The second-order valence-corrected chi connectivity index (χ2v) is 24.3. The molecule has 0 aromatic carbocycles. The molecule has 6 N–H and O–H groups in total. The fourth-order valence-electron chi connectivity index (χ4n) is 10.7. The maximum absolute atomic E-state index is 13.5. The highest BCUT2D eigenvalue weighted by atomic mass is 16.7. The first-order valence-electron chi connectivity index (χ1n) is 35.4. The number of esters is 1. The molecule has 0 radical (unpaired) electrons. The van der Waals surface area contributed by atoms with Crippen molar-refractivity contribution in [1.29, 1.82) is 0 Å². The van der Waals surface area contributed by atoms with Gasteiger partial charge in [0.05, 0.1) is 25.4 Å². The summed E-state index contributed by atoms with van der Waals surface area (Å²) in [5.41, 5.74) is 0. The van der Waals surface area contributed by atoms with Crippen LogP contribution in [0.3, 0.4) is 0 Å². The molecule has 1 fully saturated rings. The Labute approximate surface area is 521 Å². The molecule has 1 aliphatic rings. The van der Waals surface area contributed by atoms with E-state index in [9.17, 15) is 35.1 Å². The fourth-order valence-corrected chi connectivity index (χ4v) is 10.7. The van der Waals surface area contributed by atoms with E-state index >= 15 is 0 Å². The molecule has 1 amide bonds. The normalized spacial score (nSPS) is 18.9. The predicted octanol–water partition coefficient (Wildman–Crippen LogP) is 18.1. The lowest BCUT2D eigenvalue weighted by Gasteiger charge is -2.41. The van der Waals surface area contributed by atoms with E-state index in [4.69, 9.17) is 14.2 Å². The number of hydrogen-bond donors (Lipinski definition) is 6. The van der Waals surface area contributed by atoms with Crippen molar-refractivity contribution in [3.8, 4) is 0 Å². The van der Waals surface area contributed by atoms with Crippen LogP contribution in [0.25, 0.3) is 0 Å². The zero-order chi connectivity index (χ0) is 61.7. The lowest BCUT2D eigenvalue weighted by molar-refractivity contribution is -0.305. The van der Waals surface area contributed by atoms with Gasteiger partial charge in [0.15, 0.2) is 12.4 Å². The monoisotopic (exact) mass is 1190 g/mol. The summed E-state index contributed by atoms with van der Waals surface area (Å²) >= 11 is 0. The fraction of sp³-hybridized carbons (Fsp3) is 0.784. The average Bonchev–Trinajstić information content (AvgIpc) is 3.12. The van der Waals surface area contributed by atoms with E-state index < -0.39 is 67.4 Å². The number of nitrogens with one attached hydrogen (secondary N) is 1. The first-order valence-corrected chi connectivity index (χ1v) is 35.4. The van der Waals surface area contributed by atoms with Crippen molar-refractivity contribution in [3.63, 3.8) is 0 Å². The Hall–Kier alpha value is -3.16. The van der Waals surface area contributed by atoms with Gasteiger partial charge in [-0.1, -0.05) is 286 Å². The van der Waals surface area contributed by atoms with E-state index in [0.29, 0.717) is 12.8 Å². The van der Waals surface area contributed by atoms with Crippen LogP contribution in [0, 0.1) is 0 Å². The third-order valence-corrected chi connectivity index (χ3v) is 16.3. The molecule has 492 valence electrons. The molecular weight excluding hydrogens is 1060 g/mol. The number of aliphatic hydroxyl groups is 5. The molecule has 8 atom stereocenters. The quantitative estimate of drug-likeness (QED) is 0.0195. The van der Waals surface area contributed by atoms with Crippen LogP contribution in [0.1, 0.15) is 310 Å². The van der Waals surface area contributed by atoms with Gasteiger partial charge in [-0.2, -0.15) is 0 Å². The van der Waals surface area contributed by atoms with Crippen LogP contribution in [-0.2, 0) is 23.8 Å². The van der Waals surface area contributed by atoms with E-state index in [1.165, 1.54) is 173 Å². The van der Waals surface area contributed by atoms with Crippen molar-refractivity contribution in [3.05, 3.63) is 85.1 Å². The van der Waals surface area contributed by atoms with Gasteiger partial charge in [0, 0.05) is 6.42 Å². The lowest BCUT2D eigenvalue weighted by atomic mass is 9.99. The standard InChI is InChI=1S/C74H131NO10/c1-4-7-10-13-16-19-22-25-27-29-31-33-34-35-37-39-41-44-47-50-53-56-59-62-69(79)85-72-71(81)70(80)68(63-76)84-74(72)83-64-65(66(77)60-57-54-51-48-45-42-24-21-18-15-12-9-6-3)75-73(82)67(78)61-58-55-52-49-46-43-40-38-36-32-30-28-26-23-20-17-14-11-8-5-2/h16-17,19-20,25-28,32,36,40,43,57,60,65-68,70-72,74,76-78,80-81H,4-15,18,21-24,29-31,33-35,37-39,41-42,44-56,58-59,61-64H2,1-3H3,(H,75,82)/b19-16-,20-17-,27-25-,28-26-,36-32-,43-40-,60-57+. The van der Waals surface area contributed by atoms with Crippen LogP contribution < -0.4 is 5.32 Å². The molecule has 1 saturated heterocycles. The van der Waals surface area contributed by atoms with Gasteiger partial charge in [-0.05, 0) is 103 Å². The van der Waals surface area contributed by atoms with Gasteiger partial charge >= 0.3 is 5.97 Å². The Balaban J connectivity index is 2.62. The molecular formula is C74H131NO10. The van der Waals surface area contributed by atoms with Crippen molar-refractivity contribution in [1.82, 2.24) is 5.32 Å². The van der Waals surface area contributed by atoms with Crippen LogP contribution in [0.15, 0.2) is 85.1 Å². The summed E-state index contributed by atoms with van der Waals surface area (Å²) in [5.74, 6) is -1.21. The minimum absolute atomic E-state index is 0.118. The van der Waals surface area contributed by atoms with E-state index in [2.05, 4.69) is 99.0 Å². The van der Waals surface area contributed by atoms with Crippen molar-refractivity contribution in [2.75, 3.05) is 13.2 Å². The molecule has 0 saturated carbocycles. The number of aliphatic hydroxyl groups excluding tert-OH is 5. The Bertz CT molecular complexity index is 1710. The lowest BCUT2D eigenvalue weighted by Crippen LogP contribution is -2.61. The number of unbranched alkanes of at least 4 members (excludes halogenated alkanes) is 34. The van der Waals surface area contributed by atoms with Crippen molar-refractivity contribution < 1.29 is 49.3 Å². The predicted molar refractivity (Wildman–Crippen MR) is 356 cm³/mol. The Morgan fingerprint density at radius 2 is 0.812 bits per heavy atom. The topological polar surface area (TPSA) is 175 Å². The van der Waals surface area contributed by atoms with Gasteiger partial charge in [0.2, 0.25) is 5.91 Å². The van der Waals surface area contributed by atoms with Crippen molar-refractivity contribution >= 4 is 11.9 Å². The van der Waals surface area contributed by atoms with Crippen LogP contribution in [0.2, 0.25) is 0 Å².